The van der Waals surface area contributed by atoms with Gasteiger partial charge in [0.15, 0.2) is 0 Å². The Kier molecular flexibility index (Phi) is 3.05. The van der Waals surface area contributed by atoms with Gasteiger partial charge in [0.05, 0.1) is 5.69 Å². The first-order chi connectivity index (χ1) is 8.95. The Morgan fingerprint density at radius 2 is 1.89 bits per heavy atom. The number of nitrogens with zero attached hydrogens (tertiary/aromatic N) is 4. The average molecular weight is 256 g/mol. The third-order valence-corrected chi connectivity index (χ3v) is 3.02. The second-order valence-electron chi connectivity index (χ2n) is 4.29. The molecule has 0 aliphatic heterocycles. The summed E-state index contributed by atoms with van der Waals surface area (Å²) in [5.74, 6) is 0. The lowest BCUT2D eigenvalue weighted by molar-refractivity contribution is 0.648. The number of aryl methyl sites for hydroxylation is 2. The Hall–Kier alpha value is -2.68. The Balaban J connectivity index is 2.80. The SMILES string of the molecule is Cc1ccc(-n2nc(C#N)c(=O)n(C)c2=O)cc1C. The van der Waals surface area contributed by atoms with Crippen LogP contribution in [0.3, 0.4) is 0 Å². The quantitative estimate of drug-likeness (QED) is 0.740. The fourth-order valence-electron chi connectivity index (χ4n) is 1.67. The summed E-state index contributed by atoms with van der Waals surface area (Å²) in [6, 6.07) is 7.06. The predicted octanol–water partition coefficient (Wildman–Crippen LogP) is 0.420. The van der Waals surface area contributed by atoms with Gasteiger partial charge in [-0.2, -0.15) is 9.94 Å². The maximum Gasteiger partial charge on any atom is 0.352 e. The number of benzene rings is 1. The Morgan fingerprint density at radius 3 is 2.47 bits per heavy atom. The summed E-state index contributed by atoms with van der Waals surface area (Å²) < 4.78 is 1.94. The van der Waals surface area contributed by atoms with E-state index in [-0.39, 0.29) is 5.69 Å². The van der Waals surface area contributed by atoms with Gasteiger partial charge in [0.1, 0.15) is 6.07 Å². The van der Waals surface area contributed by atoms with Crippen molar-refractivity contribution in [2.24, 2.45) is 7.05 Å². The van der Waals surface area contributed by atoms with Crippen LogP contribution in [-0.4, -0.2) is 14.3 Å². The Bertz CT molecular complexity index is 809. The molecule has 0 atom stereocenters. The highest BCUT2D eigenvalue weighted by Gasteiger charge is 2.11. The first kappa shape index (κ1) is 12.8. The third-order valence-electron chi connectivity index (χ3n) is 3.02. The summed E-state index contributed by atoms with van der Waals surface area (Å²) in [5.41, 5.74) is 1.04. The van der Waals surface area contributed by atoms with Gasteiger partial charge in [0.25, 0.3) is 5.56 Å². The molecule has 1 aromatic carbocycles. The van der Waals surface area contributed by atoms with Crippen LogP contribution in [0.15, 0.2) is 27.8 Å². The minimum Gasteiger partial charge on any atom is -0.266 e. The van der Waals surface area contributed by atoms with Crippen molar-refractivity contribution >= 4 is 0 Å². The molecule has 0 aliphatic rings. The zero-order valence-corrected chi connectivity index (χ0v) is 10.8. The molecule has 0 spiro atoms. The van der Waals surface area contributed by atoms with Gasteiger partial charge in [-0.3, -0.25) is 9.36 Å². The maximum atomic E-state index is 12.0. The highest BCUT2D eigenvalue weighted by molar-refractivity contribution is 5.38. The lowest BCUT2D eigenvalue weighted by Crippen LogP contribution is -2.40. The van der Waals surface area contributed by atoms with E-state index in [1.807, 2.05) is 19.9 Å². The molecule has 19 heavy (non-hydrogen) atoms. The van der Waals surface area contributed by atoms with Gasteiger partial charge < -0.3 is 0 Å². The van der Waals surface area contributed by atoms with E-state index in [0.717, 1.165) is 20.4 Å². The highest BCUT2D eigenvalue weighted by atomic mass is 16.2. The average Bonchev–Trinajstić information content (AvgIpc) is 2.40. The van der Waals surface area contributed by atoms with E-state index >= 15 is 0 Å². The molecule has 0 aliphatic carbocycles. The number of nitriles is 1. The van der Waals surface area contributed by atoms with Gasteiger partial charge in [-0.15, -0.1) is 5.10 Å². The second kappa shape index (κ2) is 4.53. The van der Waals surface area contributed by atoms with Crippen LogP contribution >= 0.6 is 0 Å². The van der Waals surface area contributed by atoms with Crippen molar-refractivity contribution in [2.45, 2.75) is 13.8 Å². The van der Waals surface area contributed by atoms with E-state index < -0.39 is 11.2 Å². The van der Waals surface area contributed by atoms with E-state index in [2.05, 4.69) is 5.10 Å². The molecule has 1 heterocycles. The molecule has 1 aromatic heterocycles. The molecule has 0 amide bonds. The number of aromatic nitrogens is 3. The van der Waals surface area contributed by atoms with Gasteiger partial charge in [-0.05, 0) is 37.1 Å². The summed E-state index contributed by atoms with van der Waals surface area (Å²) in [6.45, 7) is 3.87. The second-order valence-corrected chi connectivity index (χ2v) is 4.29. The van der Waals surface area contributed by atoms with Gasteiger partial charge in [-0.1, -0.05) is 6.07 Å². The van der Waals surface area contributed by atoms with Crippen LogP contribution in [0.4, 0.5) is 0 Å². The lowest BCUT2D eigenvalue weighted by atomic mass is 10.1. The molecule has 2 aromatic rings. The first-order valence-electron chi connectivity index (χ1n) is 5.64. The zero-order chi connectivity index (χ0) is 14.2. The van der Waals surface area contributed by atoms with E-state index in [9.17, 15) is 9.59 Å². The molecular formula is C13H12N4O2. The molecule has 0 saturated heterocycles. The molecule has 0 bridgehead atoms. The van der Waals surface area contributed by atoms with E-state index in [4.69, 9.17) is 5.26 Å². The number of hydrogen-bond acceptors (Lipinski definition) is 4. The molecule has 96 valence electrons. The largest absolute Gasteiger partial charge is 0.352 e. The fraction of sp³-hybridized carbons (Fsp3) is 0.231. The minimum absolute atomic E-state index is 0.305. The summed E-state index contributed by atoms with van der Waals surface area (Å²) in [7, 11) is 1.32. The molecule has 2 rings (SSSR count). The molecule has 0 fully saturated rings. The number of rotatable bonds is 1. The molecule has 6 nitrogen and oxygen atoms in total. The molecule has 6 heteroatoms. The molecule has 0 radical (unpaired) electrons. The third kappa shape index (κ3) is 2.06. The Morgan fingerprint density at radius 1 is 1.21 bits per heavy atom. The molecule has 0 unspecified atom stereocenters. The van der Waals surface area contributed by atoms with Crippen LogP contribution in [0.25, 0.3) is 5.69 Å². The summed E-state index contributed by atoms with van der Waals surface area (Å²) >= 11 is 0. The summed E-state index contributed by atoms with van der Waals surface area (Å²) in [4.78, 5) is 23.6. The molecule has 0 N–H and O–H groups in total. The number of hydrogen-bond donors (Lipinski definition) is 0. The Labute approximate surface area is 109 Å². The van der Waals surface area contributed by atoms with Crippen molar-refractivity contribution in [1.29, 1.82) is 5.26 Å². The van der Waals surface area contributed by atoms with Crippen molar-refractivity contribution < 1.29 is 0 Å². The summed E-state index contributed by atoms with van der Waals surface area (Å²) in [5, 5.41) is 12.7. The van der Waals surface area contributed by atoms with Crippen molar-refractivity contribution in [3.63, 3.8) is 0 Å². The predicted molar refractivity (Wildman–Crippen MR) is 69.3 cm³/mol. The smallest absolute Gasteiger partial charge is 0.266 e. The van der Waals surface area contributed by atoms with Crippen LogP contribution < -0.4 is 11.2 Å². The monoisotopic (exact) mass is 256 g/mol. The van der Waals surface area contributed by atoms with E-state index in [0.29, 0.717) is 5.69 Å². The van der Waals surface area contributed by atoms with Crippen LogP contribution in [0.5, 0.6) is 0 Å². The van der Waals surface area contributed by atoms with Crippen molar-refractivity contribution in [3.05, 3.63) is 55.9 Å². The van der Waals surface area contributed by atoms with Crippen LogP contribution in [0.2, 0.25) is 0 Å². The zero-order valence-electron chi connectivity index (χ0n) is 10.8. The first-order valence-corrected chi connectivity index (χ1v) is 5.64. The lowest BCUT2D eigenvalue weighted by Gasteiger charge is -2.08. The van der Waals surface area contributed by atoms with E-state index in [1.54, 1.807) is 18.2 Å². The van der Waals surface area contributed by atoms with Crippen molar-refractivity contribution in [2.75, 3.05) is 0 Å². The maximum absolute atomic E-state index is 12.0. The normalized spacial score (nSPS) is 10.2. The standard InChI is InChI=1S/C13H12N4O2/c1-8-4-5-10(6-9(8)2)17-13(19)16(3)12(18)11(7-14)15-17/h4-6H,1-3H3. The van der Waals surface area contributed by atoms with Gasteiger partial charge in [0, 0.05) is 7.05 Å². The topological polar surface area (TPSA) is 80.7 Å². The highest BCUT2D eigenvalue weighted by Crippen LogP contribution is 2.11. The van der Waals surface area contributed by atoms with Crippen LogP contribution in [-0.2, 0) is 7.05 Å². The summed E-state index contributed by atoms with van der Waals surface area (Å²) in [6.07, 6.45) is 0. The van der Waals surface area contributed by atoms with E-state index in [1.165, 1.54) is 7.05 Å². The van der Waals surface area contributed by atoms with Crippen LogP contribution in [0.1, 0.15) is 16.8 Å². The fourth-order valence-corrected chi connectivity index (χ4v) is 1.67. The van der Waals surface area contributed by atoms with Gasteiger partial charge in [0.2, 0.25) is 5.69 Å². The molecular weight excluding hydrogens is 244 g/mol. The van der Waals surface area contributed by atoms with Crippen LogP contribution in [0, 0.1) is 25.2 Å². The molecule has 0 saturated carbocycles. The minimum atomic E-state index is -0.687. The van der Waals surface area contributed by atoms with Crippen molar-refractivity contribution in [3.8, 4) is 11.8 Å². The van der Waals surface area contributed by atoms with Gasteiger partial charge in [-0.25, -0.2) is 4.79 Å². The van der Waals surface area contributed by atoms with Crippen molar-refractivity contribution in [1.82, 2.24) is 14.3 Å². The van der Waals surface area contributed by atoms with Gasteiger partial charge >= 0.3 is 5.69 Å².